The molecule has 6 nitrogen and oxygen atoms in total. The minimum absolute atomic E-state index is 0.0140. The molecule has 1 saturated heterocycles. The van der Waals surface area contributed by atoms with Crippen molar-refractivity contribution in [3.8, 4) is 11.5 Å². The quantitative estimate of drug-likeness (QED) is 0.752. The molecular formula is C25H32N4O2. The van der Waals surface area contributed by atoms with Crippen molar-refractivity contribution in [2.24, 2.45) is 10.4 Å². The molecule has 0 spiro atoms. The van der Waals surface area contributed by atoms with Gasteiger partial charge in [-0.1, -0.05) is 32.9 Å². The van der Waals surface area contributed by atoms with E-state index in [1.807, 2.05) is 42.5 Å². The largest absolute Gasteiger partial charge is 0.454 e. The predicted molar refractivity (Wildman–Crippen MR) is 126 cm³/mol. The highest BCUT2D eigenvalue weighted by molar-refractivity contribution is 6.05. The molecular weight excluding hydrogens is 388 g/mol. The molecule has 164 valence electrons. The summed E-state index contributed by atoms with van der Waals surface area (Å²) in [5.41, 5.74) is 2.44. The molecule has 31 heavy (non-hydrogen) atoms. The van der Waals surface area contributed by atoms with E-state index >= 15 is 0 Å². The monoisotopic (exact) mass is 420 g/mol. The highest BCUT2D eigenvalue weighted by Gasteiger charge is 2.25. The van der Waals surface area contributed by atoms with Crippen LogP contribution in [-0.4, -0.2) is 54.8 Å². The van der Waals surface area contributed by atoms with Crippen LogP contribution in [0.3, 0.4) is 0 Å². The molecule has 2 aliphatic heterocycles. The first-order chi connectivity index (χ1) is 14.8. The number of aliphatic imine (C=N–C) groups is 1. The summed E-state index contributed by atoms with van der Waals surface area (Å²) < 4.78 is 6.25. The average Bonchev–Trinajstić information content (AvgIpc) is 3.00. The maximum Gasteiger partial charge on any atom is 0.224 e. The van der Waals surface area contributed by atoms with Gasteiger partial charge in [-0.2, -0.15) is 0 Å². The molecule has 1 amide bonds. The summed E-state index contributed by atoms with van der Waals surface area (Å²) in [6.07, 6.45) is 1.54. The summed E-state index contributed by atoms with van der Waals surface area (Å²) in [6.45, 7) is 10.1. The van der Waals surface area contributed by atoms with Crippen LogP contribution in [0.5, 0.6) is 11.5 Å². The third-order valence-electron chi connectivity index (χ3n) is 5.53. The van der Waals surface area contributed by atoms with E-state index < -0.39 is 0 Å². The predicted octanol–water partition coefficient (Wildman–Crippen LogP) is 4.88. The van der Waals surface area contributed by atoms with Crippen molar-refractivity contribution >= 4 is 23.1 Å². The first kappa shape index (κ1) is 21.4. The van der Waals surface area contributed by atoms with Gasteiger partial charge in [0, 0.05) is 31.7 Å². The van der Waals surface area contributed by atoms with Gasteiger partial charge in [0.2, 0.25) is 5.91 Å². The lowest BCUT2D eigenvalue weighted by Crippen LogP contribution is -2.35. The molecule has 1 N–H and O–H groups in total. The highest BCUT2D eigenvalue weighted by atomic mass is 16.5. The number of amides is 1. The SMILES string of the molecule is CN1CCCN(C2=Nc3ccccc3Oc3ccc(NC(=O)CC(C)(C)C)cc32)CC1. The van der Waals surface area contributed by atoms with Crippen LogP contribution in [0.4, 0.5) is 11.4 Å². The number of carbonyl (C=O) groups excluding carboxylic acids is 1. The lowest BCUT2D eigenvalue weighted by molar-refractivity contribution is -0.117. The van der Waals surface area contributed by atoms with Gasteiger partial charge in [-0.05, 0) is 55.8 Å². The molecule has 0 bridgehead atoms. The van der Waals surface area contributed by atoms with Crippen LogP contribution < -0.4 is 10.1 Å². The fourth-order valence-corrected chi connectivity index (χ4v) is 3.99. The number of nitrogens with zero attached hydrogens (tertiary/aromatic N) is 3. The van der Waals surface area contributed by atoms with Gasteiger partial charge in [0.15, 0.2) is 5.75 Å². The topological polar surface area (TPSA) is 57.2 Å². The Kier molecular flexibility index (Phi) is 6.01. The molecule has 0 atom stereocenters. The Morgan fingerprint density at radius 3 is 2.68 bits per heavy atom. The van der Waals surface area contributed by atoms with Crippen molar-refractivity contribution in [1.82, 2.24) is 9.80 Å². The molecule has 0 aliphatic carbocycles. The van der Waals surface area contributed by atoms with Gasteiger partial charge in [-0.25, -0.2) is 4.99 Å². The smallest absolute Gasteiger partial charge is 0.224 e. The molecule has 2 aliphatic rings. The van der Waals surface area contributed by atoms with Gasteiger partial charge in [0.05, 0.1) is 5.56 Å². The molecule has 1 fully saturated rings. The number of amidine groups is 1. The van der Waals surface area contributed by atoms with Gasteiger partial charge in [-0.15, -0.1) is 0 Å². The van der Waals surface area contributed by atoms with E-state index in [2.05, 4.69) is 42.9 Å². The summed E-state index contributed by atoms with van der Waals surface area (Å²) in [5, 5.41) is 3.06. The number of ether oxygens (including phenoxy) is 1. The van der Waals surface area contributed by atoms with Gasteiger partial charge >= 0.3 is 0 Å². The van der Waals surface area contributed by atoms with Crippen LogP contribution in [0.25, 0.3) is 0 Å². The van der Waals surface area contributed by atoms with Crippen molar-refractivity contribution in [3.05, 3.63) is 48.0 Å². The minimum Gasteiger partial charge on any atom is -0.454 e. The lowest BCUT2D eigenvalue weighted by atomic mass is 9.92. The number of hydrogen-bond donors (Lipinski definition) is 1. The van der Waals surface area contributed by atoms with Crippen LogP contribution in [0, 0.1) is 5.41 Å². The summed E-state index contributed by atoms with van der Waals surface area (Å²) in [6, 6.07) is 13.7. The molecule has 2 aromatic carbocycles. The van der Waals surface area contributed by atoms with Gasteiger partial charge in [0.25, 0.3) is 0 Å². The van der Waals surface area contributed by atoms with E-state index in [1.165, 1.54) is 0 Å². The van der Waals surface area contributed by atoms with E-state index in [0.29, 0.717) is 6.42 Å². The Hall–Kier alpha value is -2.86. The minimum atomic E-state index is -0.0643. The number of anilines is 1. The van der Waals surface area contributed by atoms with Crippen molar-refractivity contribution in [2.45, 2.75) is 33.6 Å². The fraction of sp³-hybridized carbons (Fsp3) is 0.440. The molecule has 0 radical (unpaired) electrons. The zero-order valence-corrected chi connectivity index (χ0v) is 18.9. The van der Waals surface area contributed by atoms with Crippen LogP contribution in [0.2, 0.25) is 0 Å². The standard InChI is InChI=1S/C25H32N4O2/c1-25(2,3)17-23(30)26-18-10-11-21-19(16-18)24(29-13-7-12-28(4)14-15-29)27-20-8-5-6-9-22(20)31-21/h5-6,8-11,16H,7,12-15,17H2,1-4H3,(H,26,30). The normalized spacial score (nSPS) is 16.9. The van der Waals surface area contributed by atoms with Crippen molar-refractivity contribution in [2.75, 3.05) is 38.5 Å². The Labute approximate surface area is 184 Å². The second-order valence-electron chi connectivity index (χ2n) is 9.65. The van der Waals surface area contributed by atoms with Crippen LogP contribution >= 0.6 is 0 Å². The number of hydrogen-bond acceptors (Lipinski definition) is 5. The Bertz CT molecular complexity index is 993. The number of nitrogens with one attached hydrogen (secondary N) is 1. The second-order valence-corrected chi connectivity index (χ2v) is 9.65. The zero-order chi connectivity index (χ0) is 22.0. The van der Waals surface area contributed by atoms with E-state index in [4.69, 9.17) is 9.73 Å². The summed E-state index contributed by atoms with van der Waals surface area (Å²) >= 11 is 0. The Morgan fingerprint density at radius 1 is 1.06 bits per heavy atom. The van der Waals surface area contributed by atoms with E-state index in [-0.39, 0.29) is 11.3 Å². The fourth-order valence-electron chi connectivity index (χ4n) is 3.99. The van der Waals surface area contributed by atoms with Gasteiger partial charge < -0.3 is 19.9 Å². The second kappa shape index (κ2) is 8.71. The van der Waals surface area contributed by atoms with Gasteiger partial charge in [-0.3, -0.25) is 4.79 Å². The number of carbonyl (C=O) groups is 1. The highest BCUT2D eigenvalue weighted by Crippen LogP contribution is 2.39. The molecule has 2 aromatic rings. The third-order valence-corrected chi connectivity index (χ3v) is 5.53. The summed E-state index contributed by atoms with van der Waals surface area (Å²) in [5.74, 6) is 2.42. The Morgan fingerprint density at radius 2 is 1.87 bits per heavy atom. The lowest BCUT2D eigenvalue weighted by Gasteiger charge is -2.25. The molecule has 0 aromatic heterocycles. The number of rotatable bonds is 2. The van der Waals surface area contributed by atoms with E-state index in [0.717, 1.165) is 66.9 Å². The first-order valence-corrected chi connectivity index (χ1v) is 11.0. The average molecular weight is 421 g/mol. The zero-order valence-electron chi connectivity index (χ0n) is 18.9. The Balaban J connectivity index is 1.71. The number of likely N-dealkylation sites (N-methyl/N-ethyl adjacent to an activating group) is 1. The molecule has 4 rings (SSSR count). The summed E-state index contributed by atoms with van der Waals surface area (Å²) in [7, 11) is 2.16. The summed E-state index contributed by atoms with van der Waals surface area (Å²) in [4.78, 5) is 22.3. The van der Waals surface area contributed by atoms with Crippen LogP contribution in [0.15, 0.2) is 47.5 Å². The van der Waals surface area contributed by atoms with E-state index in [9.17, 15) is 4.79 Å². The maximum absolute atomic E-state index is 12.5. The molecule has 0 saturated carbocycles. The number of para-hydroxylation sites is 2. The van der Waals surface area contributed by atoms with Crippen LogP contribution in [-0.2, 0) is 4.79 Å². The molecule has 0 unspecified atom stereocenters. The molecule has 2 heterocycles. The third kappa shape index (κ3) is 5.25. The van der Waals surface area contributed by atoms with Crippen LogP contribution in [0.1, 0.15) is 39.2 Å². The van der Waals surface area contributed by atoms with E-state index in [1.54, 1.807) is 0 Å². The van der Waals surface area contributed by atoms with Crippen molar-refractivity contribution in [1.29, 1.82) is 0 Å². The number of fused-ring (bicyclic) bond motifs is 2. The van der Waals surface area contributed by atoms with Gasteiger partial charge in [0.1, 0.15) is 17.3 Å². The molecule has 6 heteroatoms. The first-order valence-electron chi connectivity index (χ1n) is 11.0. The number of benzene rings is 2. The van der Waals surface area contributed by atoms with Crippen molar-refractivity contribution < 1.29 is 9.53 Å². The maximum atomic E-state index is 12.5. The van der Waals surface area contributed by atoms with Crippen molar-refractivity contribution in [3.63, 3.8) is 0 Å².